The summed E-state index contributed by atoms with van der Waals surface area (Å²) in [6, 6.07) is 0.574. The van der Waals surface area contributed by atoms with Crippen molar-refractivity contribution in [1.82, 2.24) is 9.80 Å². The van der Waals surface area contributed by atoms with Gasteiger partial charge in [-0.2, -0.15) is 0 Å². The maximum absolute atomic E-state index is 10.7. The first-order valence-electron chi connectivity index (χ1n) is 7.34. The van der Waals surface area contributed by atoms with Crippen LogP contribution in [0.5, 0.6) is 0 Å². The summed E-state index contributed by atoms with van der Waals surface area (Å²) >= 11 is 0. The largest absolute Gasteiger partial charge is 0.481 e. The number of hydrogen-bond donors (Lipinski definition) is 1. The molecule has 2 rings (SSSR count). The van der Waals surface area contributed by atoms with Crippen LogP contribution in [0, 0.1) is 5.92 Å². The van der Waals surface area contributed by atoms with Crippen LogP contribution in [0.3, 0.4) is 0 Å². The van der Waals surface area contributed by atoms with Crippen molar-refractivity contribution in [3.8, 4) is 0 Å². The molecule has 0 saturated carbocycles. The zero-order valence-electron chi connectivity index (χ0n) is 12.0. The predicted molar refractivity (Wildman–Crippen MR) is 73.2 cm³/mol. The number of carboxylic acids is 1. The molecule has 2 atom stereocenters. The molecule has 5 heteroatoms. The van der Waals surface area contributed by atoms with E-state index in [4.69, 9.17) is 9.84 Å². The minimum absolute atomic E-state index is 0.278. The molecule has 2 aliphatic heterocycles. The van der Waals surface area contributed by atoms with Crippen LogP contribution in [-0.2, 0) is 9.53 Å². The number of ether oxygens (including phenoxy) is 1. The monoisotopic (exact) mass is 270 g/mol. The van der Waals surface area contributed by atoms with Gasteiger partial charge in [0.25, 0.3) is 0 Å². The zero-order chi connectivity index (χ0) is 13.8. The molecule has 110 valence electrons. The molecule has 0 spiro atoms. The van der Waals surface area contributed by atoms with E-state index >= 15 is 0 Å². The fourth-order valence-electron chi connectivity index (χ4n) is 3.10. The first kappa shape index (κ1) is 14.8. The van der Waals surface area contributed by atoms with E-state index in [2.05, 4.69) is 23.6 Å². The predicted octanol–water partition coefficient (Wildman–Crippen LogP) is 0.892. The Hall–Kier alpha value is -0.650. The lowest BCUT2D eigenvalue weighted by atomic mass is 10.1. The average molecular weight is 270 g/mol. The van der Waals surface area contributed by atoms with Crippen molar-refractivity contribution in [1.29, 1.82) is 0 Å². The topological polar surface area (TPSA) is 53.0 Å². The maximum atomic E-state index is 10.7. The third-order valence-electron chi connectivity index (χ3n) is 4.20. The van der Waals surface area contributed by atoms with Gasteiger partial charge in [-0.3, -0.25) is 9.69 Å². The van der Waals surface area contributed by atoms with Crippen LogP contribution in [0.4, 0.5) is 0 Å². The second kappa shape index (κ2) is 6.68. The third-order valence-corrected chi connectivity index (χ3v) is 4.20. The summed E-state index contributed by atoms with van der Waals surface area (Å²) in [5.74, 6) is -0.353. The molecule has 0 aromatic heterocycles. The molecular weight excluding hydrogens is 244 g/mol. The highest BCUT2D eigenvalue weighted by molar-refractivity contribution is 5.67. The van der Waals surface area contributed by atoms with Crippen LogP contribution in [0.1, 0.15) is 26.7 Å². The molecule has 19 heavy (non-hydrogen) atoms. The molecule has 0 aromatic carbocycles. The van der Waals surface area contributed by atoms with Gasteiger partial charge in [-0.15, -0.1) is 0 Å². The lowest BCUT2D eigenvalue weighted by molar-refractivity contribution is -0.138. The van der Waals surface area contributed by atoms with E-state index in [9.17, 15) is 4.79 Å². The van der Waals surface area contributed by atoms with Gasteiger partial charge in [-0.25, -0.2) is 0 Å². The molecule has 0 radical (unpaired) electrons. The van der Waals surface area contributed by atoms with Crippen molar-refractivity contribution in [2.75, 3.05) is 39.3 Å². The van der Waals surface area contributed by atoms with E-state index in [0.29, 0.717) is 18.4 Å². The number of rotatable bonds is 5. The van der Waals surface area contributed by atoms with Crippen LogP contribution < -0.4 is 0 Å². The zero-order valence-corrected chi connectivity index (χ0v) is 12.0. The Morgan fingerprint density at radius 2 is 2.16 bits per heavy atom. The smallest absolute Gasteiger partial charge is 0.303 e. The second-order valence-corrected chi connectivity index (χ2v) is 6.09. The number of hydrogen-bond acceptors (Lipinski definition) is 4. The van der Waals surface area contributed by atoms with Crippen molar-refractivity contribution in [2.45, 2.75) is 38.8 Å². The number of carboxylic acid groups (broad SMARTS) is 1. The van der Waals surface area contributed by atoms with Gasteiger partial charge >= 0.3 is 5.97 Å². The molecule has 5 nitrogen and oxygen atoms in total. The van der Waals surface area contributed by atoms with Crippen molar-refractivity contribution in [2.24, 2.45) is 5.92 Å². The Labute approximate surface area is 115 Å². The Morgan fingerprint density at radius 3 is 2.84 bits per heavy atom. The van der Waals surface area contributed by atoms with Gasteiger partial charge in [0, 0.05) is 38.6 Å². The van der Waals surface area contributed by atoms with Gasteiger partial charge in [0.1, 0.15) is 0 Å². The Morgan fingerprint density at radius 1 is 1.37 bits per heavy atom. The molecule has 2 unspecified atom stereocenters. The summed E-state index contributed by atoms with van der Waals surface area (Å²) in [5.41, 5.74) is 0. The Bertz CT molecular complexity index is 309. The fraction of sp³-hybridized carbons (Fsp3) is 0.929. The minimum atomic E-state index is -0.674. The van der Waals surface area contributed by atoms with Crippen LogP contribution in [-0.4, -0.2) is 72.4 Å². The number of carbonyl (C=O) groups is 1. The van der Waals surface area contributed by atoms with Gasteiger partial charge in [0.15, 0.2) is 0 Å². The maximum Gasteiger partial charge on any atom is 0.303 e. The van der Waals surface area contributed by atoms with Gasteiger partial charge in [0.2, 0.25) is 0 Å². The van der Waals surface area contributed by atoms with E-state index in [1.807, 2.05) is 0 Å². The molecule has 0 aliphatic carbocycles. The highest BCUT2D eigenvalue weighted by Crippen LogP contribution is 2.21. The molecular formula is C14H26N2O3. The summed E-state index contributed by atoms with van der Waals surface area (Å²) in [6.07, 6.45) is 1.59. The van der Waals surface area contributed by atoms with Crippen LogP contribution >= 0.6 is 0 Å². The standard InChI is InChI=1S/C14H26N2O3/c1-11(2)16-5-6-19-13(10-16)9-15-4-3-12(8-15)7-14(17)18/h11-13H,3-10H2,1-2H3,(H,17,18). The van der Waals surface area contributed by atoms with E-state index in [1.165, 1.54) is 0 Å². The van der Waals surface area contributed by atoms with Crippen LogP contribution in [0.2, 0.25) is 0 Å². The molecule has 2 heterocycles. The van der Waals surface area contributed by atoms with E-state index < -0.39 is 5.97 Å². The van der Waals surface area contributed by atoms with Gasteiger partial charge in [0.05, 0.1) is 12.7 Å². The molecule has 1 N–H and O–H groups in total. The summed E-state index contributed by atoms with van der Waals surface area (Å²) in [5, 5.41) is 8.83. The van der Waals surface area contributed by atoms with Crippen molar-refractivity contribution < 1.29 is 14.6 Å². The molecule has 2 aliphatic rings. The highest BCUT2D eigenvalue weighted by Gasteiger charge is 2.29. The fourth-order valence-corrected chi connectivity index (χ4v) is 3.10. The van der Waals surface area contributed by atoms with Crippen LogP contribution in [0.25, 0.3) is 0 Å². The summed E-state index contributed by atoms with van der Waals surface area (Å²) < 4.78 is 5.84. The average Bonchev–Trinajstić information content (AvgIpc) is 2.76. The lowest BCUT2D eigenvalue weighted by Gasteiger charge is -2.37. The van der Waals surface area contributed by atoms with Gasteiger partial charge in [-0.05, 0) is 32.7 Å². The van der Waals surface area contributed by atoms with Crippen molar-refractivity contribution in [3.63, 3.8) is 0 Å². The SMILES string of the molecule is CC(C)N1CCOC(CN2CCC(CC(=O)O)C2)C1. The third kappa shape index (κ3) is 4.44. The van der Waals surface area contributed by atoms with E-state index in [-0.39, 0.29) is 6.10 Å². The molecule has 0 amide bonds. The van der Waals surface area contributed by atoms with Crippen molar-refractivity contribution >= 4 is 5.97 Å². The first-order chi connectivity index (χ1) is 9.04. The lowest BCUT2D eigenvalue weighted by Crippen LogP contribution is -2.49. The molecule has 0 bridgehead atoms. The van der Waals surface area contributed by atoms with Crippen molar-refractivity contribution in [3.05, 3.63) is 0 Å². The van der Waals surface area contributed by atoms with Gasteiger partial charge < -0.3 is 14.7 Å². The summed E-state index contributed by atoms with van der Waals surface area (Å²) in [4.78, 5) is 15.5. The molecule has 2 fully saturated rings. The second-order valence-electron chi connectivity index (χ2n) is 6.09. The normalized spacial score (nSPS) is 30.1. The highest BCUT2D eigenvalue weighted by atomic mass is 16.5. The number of likely N-dealkylation sites (tertiary alicyclic amines) is 1. The van der Waals surface area contributed by atoms with E-state index in [1.54, 1.807) is 0 Å². The Balaban J connectivity index is 1.74. The van der Waals surface area contributed by atoms with Gasteiger partial charge in [-0.1, -0.05) is 0 Å². The van der Waals surface area contributed by atoms with Crippen LogP contribution in [0.15, 0.2) is 0 Å². The minimum Gasteiger partial charge on any atom is -0.481 e. The number of morpholine rings is 1. The Kier molecular flexibility index (Phi) is 5.19. The summed E-state index contributed by atoms with van der Waals surface area (Å²) in [7, 11) is 0. The number of nitrogens with zero attached hydrogens (tertiary/aromatic N) is 2. The summed E-state index contributed by atoms with van der Waals surface area (Å²) in [6.45, 7) is 10.2. The number of aliphatic carboxylic acids is 1. The quantitative estimate of drug-likeness (QED) is 0.804. The van der Waals surface area contributed by atoms with E-state index in [0.717, 1.165) is 45.8 Å². The first-order valence-corrected chi connectivity index (χ1v) is 7.34. The molecule has 0 aromatic rings. The molecule has 2 saturated heterocycles.